The van der Waals surface area contributed by atoms with Crippen molar-refractivity contribution in [1.82, 2.24) is 5.32 Å². The average molecular weight is 501 g/mol. The molecule has 0 atom stereocenters. The van der Waals surface area contributed by atoms with Crippen molar-refractivity contribution in [3.8, 4) is 11.5 Å². The van der Waals surface area contributed by atoms with Gasteiger partial charge in [-0.05, 0) is 74.9 Å². The topological polar surface area (TPSA) is 84.9 Å². The van der Waals surface area contributed by atoms with Crippen LogP contribution in [-0.2, 0) is 21.4 Å². The van der Waals surface area contributed by atoms with Crippen LogP contribution < -0.4 is 19.1 Å². The number of ether oxygens (including phenoxy) is 2. The highest BCUT2D eigenvalue weighted by Crippen LogP contribution is 2.29. The molecule has 0 fully saturated rings. The van der Waals surface area contributed by atoms with E-state index in [1.54, 1.807) is 42.5 Å². The van der Waals surface area contributed by atoms with E-state index in [1.165, 1.54) is 19.2 Å². The Balaban J connectivity index is 1.79. The predicted octanol–water partition coefficient (Wildman–Crippen LogP) is 4.44. The molecule has 35 heavy (non-hydrogen) atoms. The van der Waals surface area contributed by atoms with E-state index in [9.17, 15) is 17.6 Å². The highest BCUT2D eigenvalue weighted by Gasteiger charge is 2.27. The summed E-state index contributed by atoms with van der Waals surface area (Å²) in [7, 11) is -2.59. The van der Waals surface area contributed by atoms with Gasteiger partial charge in [0.15, 0.2) is 11.5 Å². The van der Waals surface area contributed by atoms with Gasteiger partial charge in [-0.25, -0.2) is 12.8 Å². The maximum Gasteiger partial charge on any atom is 0.264 e. The summed E-state index contributed by atoms with van der Waals surface area (Å²) < 4.78 is 52.1. The fraction of sp³-hybridized carbons (Fsp3) is 0.269. The van der Waals surface area contributed by atoms with E-state index < -0.39 is 28.3 Å². The zero-order valence-electron chi connectivity index (χ0n) is 20.1. The fourth-order valence-electron chi connectivity index (χ4n) is 3.32. The van der Waals surface area contributed by atoms with Crippen LogP contribution in [0.3, 0.4) is 0 Å². The summed E-state index contributed by atoms with van der Waals surface area (Å²) in [5.41, 5.74) is 2.03. The molecule has 0 aromatic heterocycles. The number of sulfonamides is 1. The third-order valence-electron chi connectivity index (χ3n) is 5.09. The molecule has 3 rings (SSSR count). The Morgan fingerprint density at radius 2 is 1.66 bits per heavy atom. The van der Waals surface area contributed by atoms with Gasteiger partial charge in [-0.2, -0.15) is 0 Å². The number of anilines is 1. The fourth-order valence-corrected chi connectivity index (χ4v) is 4.74. The molecule has 3 aromatic carbocycles. The molecule has 1 N–H and O–H groups in total. The monoisotopic (exact) mass is 500 g/mol. The number of aryl methyl sites for hydroxylation is 1. The minimum atomic E-state index is -4.12. The van der Waals surface area contributed by atoms with Gasteiger partial charge in [0.25, 0.3) is 10.0 Å². The van der Waals surface area contributed by atoms with Crippen LogP contribution in [0, 0.1) is 12.7 Å². The van der Waals surface area contributed by atoms with Crippen molar-refractivity contribution in [2.45, 2.75) is 38.3 Å². The molecule has 3 aromatic rings. The molecule has 0 aliphatic heterocycles. The SMILES string of the molecule is COc1cc(CNC(=O)CN(c2ccc(C)cc2)S(=O)(=O)c2ccc(F)cc2)ccc1OC(C)C. The third kappa shape index (κ3) is 6.73. The number of benzene rings is 3. The van der Waals surface area contributed by atoms with Crippen LogP contribution >= 0.6 is 0 Å². The highest BCUT2D eigenvalue weighted by molar-refractivity contribution is 7.92. The number of hydrogen-bond donors (Lipinski definition) is 1. The van der Waals surface area contributed by atoms with Crippen LogP contribution in [0.15, 0.2) is 71.6 Å². The van der Waals surface area contributed by atoms with Gasteiger partial charge in [0.05, 0.1) is 23.8 Å². The second kappa shape index (κ2) is 11.2. The zero-order valence-corrected chi connectivity index (χ0v) is 20.9. The Hall–Kier alpha value is -3.59. The highest BCUT2D eigenvalue weighted by atomic mass is 32.2. The molecule has 0 heterocycles. The summed E-state index contributed by atoms with van der Waals surface area (Å²) in [6, 6.07) is 16.6. The second-order valence-electron chi connectivity index (χ2n) is 8.23. The molecule has 0 spiro atoms. The molecule has 9 heteroatoms. The number of nitrogens with zero attached hydrogens (tertiary/aromatic N) is 1. The van der Waals surface area contributed by atoms with Crippen LogP contribution in [0.4, 0.5) is 10.1 Å². The lowest BCUT2D eigenvalue weighted by Crippen LogP contribution is -2.40. The first-order valence-corrected chi connectivity index (χ1v) is 12.5. The largest absolute Gasteiger partial charge is 0.493 e. The van der Waals surface area contributed by atoms with Gasteiger partial charge in [0.1, 0.15) is 12.4 Å². The van der Waals surface area contributed by atoms with E-state index in [-0.39, 0.29) is 17.5 Å². The number of methoxy groups -OCH3 is 1. The summed E-state index contributed by atoms with van der Waals surface area (Å²) in [5.74, 6) is 0.0701. The van der Waals surface area contributed by atoms with E-state index in [0.29, 0.717) is 17.2 Å². The minimum Gasteiger partial charge on any atom is -0.493 e. The molecular weight excluding hydrogens is 471 g/mol. The van der Waals surface area contributed by atoms with E-state index in [2.05, 4.69) is 5.32 Å². The van der Waals surface area contributed by atoms with Gasteiger partial charge >= 0.3 is 0 Å². The number of halogens is 1. The lowest BCUT2D eigenvalue weighted by atomic mass is 10.2. The first kappa shape index (κ1) is 26.0. The van der Waals surface area contributed by atoms with Crippen molar-refractivity contribution in [3.63, 3.8) is 0 Å². The normalized spacial score (nSPS) is 11.3. The summed E-state index contributed by atoms with van der Waals surface area (Å²) >= 11 is 0. The maximum absolute atomic E-state index is 13.4. The Bertz CT molecular complexity index is 1260. The minimum absolute atomic E-state index is 0.0229. The Kier molecular flexibility index (Phi) is 8.34. The standard InChI is InChI=1S/C26H29FN2O5S/c1-18(2)34-24-14-7-20(15-25(24)33-4)16-28-26(30)17-29(22-10-5-19(3)6-11-22)35(31,32)23-12-8-21(27)9-13-23/h5-15,18H,16-17H2,1-4H3,(H,28,30). The van der Waals surface area contributed by atoms with Crippen LogP contribution in [0.5, 0.6) is 11.5 Å². The molecule has 0 saturated carbocycles. The van der Waals surface area contributed by atoms with E-state index >= 15 is 0 Å². The molecule has 186 valence electrons. The Labute approximate surface area is 205 Å². The molecule has 0 radical (unpaired) electrons. The van der Waals surface area contributed by atoms with Crippen molar-refractivity contribution in [3.05, 3.63) is 83.7 Å². The van der Waals surface area contributed by atoms with Crippen LogP contribution in [-0.4, -0.2) is 34.1 Å². The number of carbonyl (C=O) groups is 1. The summed E-state index contributed by atoms with van der Waals surface area (Å²) in [4.78, 5) is 12.7. The van der Waals surface area contributed by atoms with E-state index in [4.69, 9.17) is 9.47 Å². The quantitative estimate of drug-likeness (QED) is 0.445. The van der Waals surface area contributed by atoms with Gasteiger partial charge in [-0.1, -0.05) is 23.8 Å². The van der Waals surface area contributed by atoms with Crippen LogP contribution in [0.2, 0.25) is 0 Å². The molecule has 0 bridgehead atoms. The smallest absolute Gasteiger partial charge is 0.264 e. The molecular formula is C26H29FN2O5S. The van der Waals surface area contributed by atoms with Gasteiger partial charge in [0, 0.05) is 6.54 Å². The summed E-state index contributed by atoms with van der Waals surface area (Å²) in [6.45, 7) is 5.41. The molecule has 0 aliphatic carbocycles. The Morgan fingerprint density at radius 3 is 2.26 bits per heavy atom. The molecule has 0 aliphatic rings. The third-order valence-corrected chi connectivity index (χ3v) is 6.88. The van der Waals surface area contributed by atoms with E-state index in [0.717, 1.165) is 27.6 Å². The summed E-state index contributed by atoms with van der Waals surface area (Å²) in [6.07, 6.45) is -0.0229. The second-order valence-corrected chi connectivity index (χ2v) is 10.1. The summed E-state index contributed by atoms with van der Waals surface area (Å²) in [5, 5.41) is 2.75. The number of amides is 1. The van der Waals surface area contributed by atoms with Gasteiger partial charge in [0.2, 0.25) is 5.91 Å². The molecule has 7 nitrogen and oxygen atoms in total. The van der Waals surface area contributed by atoms with Crippen molar-refractivity contribution < 1.29 is 27.1 Å². The lowest BCUT2D eigenvalue weighted by Gasteiger charge is -2.24. The molecule has 1 amide bonds. The maximum atomic E-state index is 13.4. The van der Waals surface area contributed by atoms with Crippen molar-refractivity contribution in [2.75, 3.05) is 18.0 Å². The molecule has 0 unspecified atom stereocenters. The lowest BCUT2D eigenvalue weighted by molar-refractivity contribution is -0.119. The number of nitrogens with one attached hydrogen (secondary N) is 1. The number of rotatable bonds is 10. The predicted molar refractivity (Wildman–Crippen MR) is 133 cm³/mol. The number of carbonyl (C=O) groups excluding carboxylic acids is 1. The Morgan fingerprint density at radius 1 is 1.00 bits per heavy atom. The van der Waals surface area contributed by atoms with E-state index in [1.807, 2.05) is 20.8 Å². The van der Waals surface area contributed by atoms with Crippen LogP contribution in [0.25, 0.3) is 0 Å². The molecule has 0 saturated heterocycles. The first-order valence-electron chi connectivity index (χ1n) is 11.1. The van der Waals surface area contributed by atoms with Crippen molar-refractivity contribution in [2.24, 2.45) is 0 Å². The van der Waals surface area contributed by atoms with Gasteiger partial charge < -0.3 is 14.8 Å². The first-order chi connectivity index (χ1) is 16.6. The van der Waals surface area contributed by atoms with Gasteiger partial charge in [-0.3, -0.25) is 9.10 Å². The zero-order chi connectivity index (χ0) is 25.6. The van der Waals surface area contributed by atoms with Crippen LogP contribution in [0.1, 0.15) is 25.0 Å². The van der Waals surface area contributed by atoms with Crippen molar-refractivity contribution in [1.29, 1.82) is 0 Å². The number of hydrogen-bond acceptors (Lipinski definition) is 5. The average Bonchev–Trinajstić information content (AvgIpc) is 2.82. The van der Waals surface area contributed by atoms with Gasteiger partial charge in [-0.15, -0.1) is 0 Å². The van der Waals surface area contributed by atoms with Crippen molar-refractivity contribution >= 4 is 21.6 Å².